The highest BCUT2D eigenvalue weighted by atomic mass is 79.9. The van der Waals surface area contributed by atoms with E-state index in [1.807, 2.05) is 24.3 Å². The van der Waals surface area contributed by atoms with Gasteiger partial charge in [0.05, 0.1) is 0 Å². The summed E-state index contributed by atoms with van der Waals surface area (Å²) in [6.07, 6.45) is 0.554. The van der Waals surface area contributed by atoms with Gasteiger partial charge < -0.3 is 10.5 Å². The van der Waals surface area contributed by atoms with Gasteiger partial charge in [-0.05, 0) is 35.9 Å². The molecular formula is C15H13BrFNO. The summed E-state index contributed by atoms with van der Waals surface area (Å²) in [5, 5.41) is 0. The third kappa shape index (κ3) is 2.51. The van der Waals surface area contributed by atoms with Crippen LogP contribution in [0.15, 0.2) is 46.9 Å². The Hall–Kier alpha value is -1.39. The van der Waals surface area contributed by atoms with Gasteiger partial charge in [-0.2, -0.15) is 0 Å². The predicted molar refractivity (Wildman–Crippen MR) is 75.5 cm³/mol. The van der Waals surface area contributed by atoms with Gasteiger partial charge in [0.1, 0.15) is 17.7 Å². The van der Waals surface area contributed by atoms with E-state index in [1.54, 1.807) is 6.07 Å². The van der Waals surface area contributed by atoms with Crippen LogP contribution in [0.5, 0.6) is 5.75 Å². The largest absolute Gasteiger partial charge is 0.485 e. The number of ether oxygens (including phenoxy) is 1. The number of hydrogen-bond donors (Lipinski definition) is 1. The number of hydrogen-bond acceptors (Lipinski definition) is 2. The zero-order valence-electron chi connectivity index (χ0n) is 10.1. The molecule has 2 N–H and O–H groups in total. The summed E-state index contributed by atoms with van der Waals surface area (Å²) >= 11 is 3.45. The maximum atomic E-state index is 13.2. The van der Waals surface area contributed by atoms with Gasteiger partial charge in [0.25, 0.3) is 0 Å². The van der Waals surface area contributed by atoms with Gasteiger partial charge in [0.2, 0.25) is 0 Å². The first-order chi connectivity index (χ1) is 9.13. The summed E-state index contributed by atoms with van der Waals surface area (Å²) in [4.78, 5) is 0. The third-order valence-electron chi connectivity index (χ3n) is 3.33. The zero-order chi connectivity index (χ0) is 13.4. The van der Waals surface area contributed by atoms with Gasteiger partial charge in [-0.25, -0.2) is 4.39 Å². The lowest BCUT2D eigenvalue weighted by molar-refractivity contribution is 0.161. The van der Waals surface area contributed by atoms with Crippen LogP contribution < -0.4 is 10.5 Å². The molecule has 1 aliphatic heterocycles. The summed E-state index contributed by atoms with van der Waals surface area (Å²) in [5.41, 5.74) is 7.93. The van der Waals surface area contributed by atoms with Crippen LogP contribution in [0.2, 0.25) is 0 Å². The number of rotatable bonds is 1. The number of halogens is 2. The van der Waals surface area contributed by atoms with E-state index in [2.05, 4.69) is 15.9 Å². The highest BCUT2D eigenvalue weighted by molar-refractivity contribution is 9.10. The van der Waals surface area contributed by atoms with Crippen molar-refractivity contribution in [1.29, 1.82) is 0 Å². The number of nitrogens with two attached hydrogens (primary N) is 1. The maximum Gasteiger partial charge on any atom is 0.126 e. The van der Waals surface area contributed by atoms with E-state index < -0.39 is 0 Å². The average molecular weight is 322 g/mol. The minimum Gasteiger partial charge on any atom is -0.485 e. The molecule has 2 unspecified atom stereocenters. The molecule has 2 aromatic rings. The molecule has 0 aromatic heterocycles. The van der Waals surface area contributed by atoms with Crippen LogP contribution >= 0.6 is 15.9 Å². The van der Waals surface area contributed by atoms with Crippen LogP contribution in [-0.2, 0) is 0 Å². The molecule has 0 aliphatic carbocycles. The van der Waals surface area contributed by atoms with Crippen molar-refractivity contribution in [3.63, 3.8) is 0 Å². The Balaban J connectivity index is 1.95. The monoisotopic (exact) mass is 321 g/mol. The lowest BCUT2D eigenvalue weighted by atomic mass is 9.93. The van der Waals surface area contributed by atoms with Crippen molar-refractivity contribution >= 4 is 15.9 Å². The van der Waals surface area contributed by atoms with Gasteiger partial charge in [-0.3, -0.25) is 0 Å². The Kier molecular flexibility index (Phi) is 3.29. The van der Waals surface area contributed by atoms with Gasteiger partial charge in [-0.15, -0.1) is 0 Å². The van der Waals surface area contributed by atoms with Crippen molar-refractivity contribution in [2.24, 2.45) is 5.73 Å². The van der Waals surface area contributed by atoms with Crippen molar-refractivity contribution in [2.45, 2.75) is 18.6 Å². The Morgan fingerprint density at radius 3 is 2.84 bits per heavy atom. The van der Waals surface area contributed by atoms with Crippen molar-refractivity contribution < 1.29 is 9.13 Å². The van der Waals surface area contributed by atoms with E-state index in [-0.39, 0.29) is 18.0 Å². The van der Waals surface area contributed by atoms with Crippen molar-refractivity contribution in [3.8, 4) is 5.75 Å². The molecule has 3 rings (SSSR count). The maximum absolute atomic E-state index is 13.2. The Morgan fingerprint density at radius 1 is 1.21 bits per heavy atom. The number of fused-ring (bicyclic) bond motifs is 1. The van der Waals surface area contributed by atoms with Gasteiger partial charge >= 0.3 is 0 Å². The third-order valence-corrected chi connectivity index (χ3v) is 3.82. The zero-order valence-corrected chi connectivity index (χ0v) is 11.7. The Labute approximate surface area is 119 Å². The molecule has 0 amide bonds. The van der Waals surface area contributed by atoms with Crippen molar-refractivity contribution in [2.75, 3.05) is 0 Å². The molecule has 4 heteroatoms. The molecular weight excluding hydrogens is 309 g/mol. The van der Waals surface area contributed by atoms with Crippen LogP contribution in [0.1, 0.15) is 29.7 Å². The Morgan fingerprint density at radius 2 is 2.05 bits per heavy atom. The molecule has 2 nitrogen and oxygen atoms in total. The van der Waals surface area contributed by atoms with Crippen LogP contribution in [0, 0.1) is 5.82 Å². The van der Waals surface area contributed by atoms with Gasteiger partial charge in [-0.1, -0.05) is 28.1 Å². The highest BCUT2D eigenvalue weighted by Crippen LogP contribution is 2.40. The summed E-state index contributed by atoms with van der Waals surface area (Å²) < 4.78 is 20.2. The minimum absolute atomic E-state index is 0.0922. The smallest absolute Gasteiger partial charge is 0.126 e. The number of benzene rings is 2. The van der Waals surface area contributed by atoms with E-state index in [9.17, 15) is 4.39 Å². The van der Waals surface area contributed by atoms with E-state index in [4.69, 9.17) is 10.5 Å². The first-order valence-corrected chi connectivity index (χ1v) is 6.90. The fourth-order valence-corrected chi connectivity index (χ4v) is 2.80. The first kappa shape index (κ1) is 12.6. The summed E-state index contributed by atoms with van der Waals surface area (Å²) in [7, 11) is 0. The molecule has 2 aromatic carbocycles. The summed E-state index contributed by atoms with van der Waals surface area (Å²) in [6.45, 7) is 0. The van der Waals surface area contributed by atoms with E-state index in [1.165, 1.54) is 12.1 Å². The average Bonchev–Trinajstić information content (AvgIpc) is 2.39. The SMILES string of the molecule is NC1CC(c2cccc(Br)c2)Oc2ccc(F)cc21. The molecule has 0 spiro atoms. The molecule has 19 heavy (non-hydrogen) atoms. The molecule has 1 heterocycles. The molecule has 1 aliphatic rings. The molecule has 0 saturated carbocycles. The lowest BCUT2D eigenvalue weighted by Gasteiger charge is -2.30. The molecule has 0 bridgehead atoms. The topological polar surface area (TPSA) is 35.2 Å². The van der Waals surface area contributed by atoms with Crippen molar-refractivity contribution in [1.82, 2.24) is 0 Å². The van der Waals surface area contributed by atoms with Crippen LogP contribution in [0.3, 0.4) is 0 Å². The summed E-state index contributed by atoms with van der Waals surface area (Å²) in [5.74, 6) is 0.392. The molecule has 2 atom stereocenters. The van der Waals surface area contributed by atoms with Crippen molar-refractivity contribution in [3.05, 3.63) is 63.9 Å². The predicted octanol–water partition coefficient (Wildman–Crippen LogP) is 4.11. The Bertz CT molecular complexity index is 617. The minimum atomic E-state index is -0.279. The first-order valence-electron chi connectivity index (χ1n) is 6.10. The summed E-state index contributed by atoms with van der Waals surface area (Å²) in [6, 6.07) is 12.3. The molecule has 0 fully saturated rings. The van der Waals surface area contributed by atoms with E-state index in [0.29, 0.717) is 12.2 Å². The van der Waals surface area contributed by atoms with E-state index in [0.717, 1.165) is 15.6 Å². The van der Waals surface area contributed by atoms with Gasteiger partial charge in [0, 0.05) is 22.5 Å². The lowest BCUT2D eigenvalue weighted by Crippen LogP contribution is -2.24. The quantitative estimate of drug-likeness (QED) is 0.857. The second kappa shape index (κ2) is 4.94. The molecule has 0 radical (unpaired) electrons. The van der Waals surface area contributed by atoms with Crippen LogP contribution in [0.25, 0.3) is 0 Å². The second-order valence-corrected chi connectivity index (χ2v) is 5.60. The fourth-order valence-electron chi connectivity index (χ4n) is 2.39. The van der Waals surface area contributed by atoms with E-state index >= 15 is 0 Å². The fraction of sp³-hybridized carbons (Fsp3) is 0.200. The highest BCUT2D eigenvalue weighted by Gasteiger charge is 2.27. The van der Waals surface area contributed by atoms with Crippen LogP contribution in [-0.4, -0.2) is 0 Å². The van der Waals surface area contributed by atoms with Crippen LogP contribution in [0.4, 0.5) is 4.39 Å². The molecule has 0 saturated heterocycles. The molecule has 98 valence electrons. The standard InChI is InChI=1S/C15H13BrFNO/c16-10-3-1-2-9(6-10)15-8-13(18)12-7-11(17)4-5-14(12)19-15/h1-7,13,15H,8,18H2. The van der Waals surface area contributed by atoms with Gasteiger partial charge in [0.15, 0.2) is 0 Å². The second-order valence-electron chi connectivity index (χ2n) is 4.69. The normalized spacial score (nSPS) is 21.6.